The van der Waals surface area contributed by atoms with Crippen molar-refractivity contribution in [1.29, 1.82) is 0 Å². The summed E-state index contributed by atoms with van der Waals surface area (Å²) in [6.07, 6.45) is 2.74. The molecule has 1 fully saturated rings. The third kappa shape index (κ3) is 5.74. The first-order chi connectivity index (χ1) is 14.0. The predicted molar refractivity (Wildman–Crippen MR) is 108 cm³/mol. The van der Waals surface area contributed by atoms with Gasteiger partial charge in [0.25, 0.3) is 5.88 Å². The number of benzene rings is 1. The molecule has 0 radical (unpaired) electrons. The van der Waals surface area contributed by atoms with Crippen LogP contribution in [0.5, 0.6) is 11.6 Å². The summed E-state index contributed by atoms with van der Waals surface area (Å²) in [5, 5.41) is 8.74. The zero-order valence-electron chi connectivity index (χ0n) is 16.8. The summed E-state index contributed by atoms with van der Waals surface area (Å²) in [5.41, 5.74) is 0.621. The Hall–Kier alpha value is -2.03. The lowest BCUT2D eigenvalue weighted by Gasteiger charge is -2.26. The van der Waals surface area contributed by atoms with Gasteiger partial charge in [0.1, 0.15) is 18.0 Å². The average Bonchev–Trinajstić information content (AvgIpc) is 2.89. The molecule has 1 aromatic heterocycles. The molecule has 0 saturated heterocycles. The first-order valence-electron chi connectivity index (χ1n) is 9.56. The van der Waals surface area contributed by atoms with Gasteiger partial charge < -0.3 is 19.1 Å². The minimum atomic E-state index is -1.04. The Morgan fingerprint density at radius 2 is 2.07 bits per heavy atom. The van der Waals surface area contributed by atoms with Gasteiger partial charge in [-0.2, -0.15) is 0 Å². The summed E-state index contributed by atoms with van der Waals surface area (Å²) in [7, 11) is 5.54. The number of ether oxygens (including phenoxy) is 3. The number of methoxy groups -OCH3 is 1. The van der Waals surface area contributed by atoms with E-state index in [4.69, 9.17) is 25.8 Å². The van der Waals surface area contributed by atoms with Crippen molar-refractivity contribution in [2.75, 3.05) is 28.0 Å². The third-order valence-electron chi connectivity index (χ3n) is 4.98. The second-order valence-corrected chi connectivity index (χ2v) is 7.70. The van der Waals surface area contributed by atoms with Crippen molar-refractivity contribution >= 4 is 11.6 Å². The van der Waals surface area contributed by atoms with Gasteiger partial charge >= 0.3 is 0 Å². The minimum Gasteiger partial charge on any atom is -0.469 e. The summed E-state index contributed by atoms with van der Waals surface area (Å²) in [6, 6.07) is 5.39. The molecule has 7 nitrogen and oxygen atoms in total. The van der Waals surface area contributed by atoms with Crippen LogP contribution in [-0.4, -0.2) is 66.4 Å². The number of alkyl halides is 1. The van der Waals surface area contributed by atoms with E-state index >= 15 is 0 Å². The molecule has 1 unspecified atom stereocenters. The molecule has 1 aliphatic rings. The van der Waals surface area contributed by atoms with Crippen LogP contribution < -0.4 is 9.47 Å². The van der Waals surface area contributed by atoms with E-state index in [-0.39, 0.29) is 18.7 Å². The first-order valence-corrected chi connectivity index (χ1v) is 9.94. The Balaban J connectivity index is 1.75. The monoisotopic (exact) mass is 424 g/mol. The van der Waals surface area contributed by atoms with E-state index in [0.29, 0.717) is 35.0 Å². The molecule has 0 spiro atoms. The van der Waals surface area contributed by atoms with E-state index < -0.39 is 12.3 Å². The Labute approximate surface area is 175 Å². The van der Waals surface area contributed by atoms with Gasteiger partial charge in [0.2, 0.25) is 0 Å². The van der Waals surface area contributed by atoms with Crippen LogP contribution in [0.2, 0.25) is 5.02 Å². The molecule has 2 aromatic rings. The molecule has 0 N–H and O–H groups in total. The second kappa shape index (κ2) is 10.1. The highest BCUT2D eigenvalue weighted by Gasteiger charge is 2.31. The molecular weight excluding hydrogens is 399 g/mol. The van der Waals surface area contributed by atoms with E-state index in [1.807, 2.05) is 14.1 Å². The highest BCUT2D eigenvalue weighted by Crippen LogP contribution is 2.31. The van der Waals surface area contributed by atoms with Crippen molar-refractivity contribution in [2.24, 2.45) is 0 Å². The molecule has 0 bridgehead atoms. The van der Waals surface area contributed by atoms with Crippen LogP contribution in [0.4, 0.5) is 4.39 Å². The predicted octanol–water partition coefficient (Wildman–Crippen LogP) is 3.76. The first kappa shape index (κ1) is 21.7. The van der Waals surface area contributed by atoms with Crippen LogP contribution >= 0.6 is 11.6 Å². The van der Waals surface area contributed by atoms with Crippen LogP contribution in [0, 0.1) is 0 Å². The molecule has 0 amide bonds. The quantitative estimate of drug-likeness (QED) is 0.495. The Morgan fingerprint density at radius 3 is 2.76 bits per heavy atom. The van der Waals surface area contributed by atoms with Crippen molar-refractivity contribution in [3.05, 3.63) is 29.4 Å². The molecule has 158 valence electrons. The van der Waals surface area contributed by atoms with Crippen LogP contribution in [0.25, 0.3) is 11.4 Å². The maximum Gasteiger partial charge on any atom is 0.252 e. The number of rotatable bonds is 7. The number of aromatic nitrogens is 3. The zero-order valence-corrected chi connectivity index (χ0v) is 17.6. The molecule has 1 aliphatic carbocycles. The van der Waals surface area contributed by atoms with E-state index in [1.165, 1.54) is 13.3 Å². The highest BCUT2D eigenvalue weighted by atomic mass is 35.5. The molecule has 3 rings (SSSR count). The van der Waals surface area contributed by atoms with Crippen LogP contribution in [0.3, 0.4) is 0 Å². The molecule has 3 atom stereocenters. The molecule has 29 heavy (non-hydrogen) atoms. The van der Waals surface area contributed by atoms with Crippen molar-refractivity contribution in [2.45, 2.75) is 44.0 Å². The molecule has 1 heterocycles. The van der Waals surface area contributed by atoms with Gasteiger partial charge in [-0.15, -0.1) is 10.2 Å². The minimum absolute atomic E-state index is 0.0641. The average molecular weight is 425 g/mol. The number of halogens is 2. The fraction of sp³-hybridized carbons (Fsp3) is 0.550. The molecule has 1 aromatic carbocycles. The van der Waals surface area contributed by atoms with Gasteiger partial charge in [-0.05, 0) is 51.6 Å². The SMILES string of the molecule is COCOc1cc(Cl)ccc1-c1ncc(O[C@H]2CC(N(C)C)CCC[C@@H]2F)nn1. The molecule has 9 heteroatoms. The molecule has 0 aliphatic heterocycles. The van der Waals surface area contributed by atoms with Crippen molar-refractivity contribution in [1.82, 2.24) is 20.1 Å². The van der Waals surface area contributed by atoms with Crippen molar-refractivity contribution in [3.8, 4) is 23.0 Å². The van der Waals surface area contributed by atoms with Crippen molar-refractivity contribution < 1.29 is 18.6 Å². The van der Waals surface area contributed by atoms with E-state index in [2.05, 4.69) is 20.1 Å². The van der Waals surface area contributed by atoms with Gasteiger partial charge in [-0.25, -0.2) is 9.37 Å². The van der Waals surface area contributed by atoms with Crippen LogP contribution in [0.15, 0.2) is 24.4 Å². The summed E-state index contributed by atoms with van der Waals surface area (Å²) < 4.78 is 30.8. The van der Waals surface area contributed by atoms with E-state index in [0.717, 1.165) is 12.8 Å². The zero-order chi connectivity index (χ0) is 20.8. The van der Waals surface area contributed by atoms with Gasteiger partial charge in [0, 0.05) is 24.6 Å². The standard InChI is InChI=1S/C20H26ClFN4O3/c1-26(2)14-5-4-6-16(22)18(10-14)29-19-11-23-20(25-24-19)15-8-7-13(21)9-17(15)28-12-27-3/h7-9,11,14,16,18H,4-6,10,12H2,1-3H3/t14?,16-,18-/m0/s1. The number of hydrogen-bond acceptors (Lipinski definition) is 7. The Bertz CT molecular complexity index is 794. The summed E-state index contributed by atoms with van der Waals surface area (Å²) in [4.78, 5) is 6.43. The summed E-state index contributed by atoms with van der Waals surface area (Å²) in [5.74, 6) is 1.04. The Kier molecular flexibility index (Phi) is 7.57. The van der Waals surface area contributed by atoms with E-state index in [9.17, 15) is 4.39 Å². The lowest BCUT2D eigenvalue weighted by atomic mass is 10.1. The topological polar surface area (TPSA) is 69.6 Å². The number of hydrogen-bond donors (Lipinski definition) is 0. The summed E-state index contributed by atoms with van der Waals surface area (Å²) >= 11 is 6.04. The summed E-state index contributed by atoms with van der Waals surface area (Å²) in [6.45, 7) is 0.0641. The van der Waals surface area contributed by atoms with Crippen LogP contribution in [-0.2, 0) is 4.74 Å². The van der Waals surface area contributed by atoms with Gasteiger partial charge in [-0.1, -0.05) is 11.6 Å². The largest absolute Gasteiger partial charge is 0.469 e. The van der Waals surface area contributed by atoms with Gasteiger partial charge in [0.15, 0.2) is 12.6 Å². The third-order valence-corrected chi connectivity index (χ3v) is 5.22. The Morgan fingerprint density at radius 1 is 1.24 bits per heavy atom. The van der Waals surface area contributed by atoms with Gasteiger partial charge in [-0.3, -0.25) is 0 Å². The maximum absolute atomic E-state index is 14.5. The fourth-order valence-corrected chi connectivity index (χ4v) is 3.54. The number of nitrogens with zero attached hydrogens (tertiary/aromatic N) is 4. The molecule has 1 saturated carbocycles. The smallest absolute Gasteiger partial charge is 0.252 e. The van der Waals surface area contributed by atoms with E-state index in [1.54, 1.807) is 18.2 Å². The lowest BCUT2D eigenvalue weighted by molar-refractivity contribution is 0.0515. The fourth-order valence-electron chi connectivity index (χ4n) is 3.38. The molecular formula is C20H26ClFN4O3. The normalized spacial score (nSPS) is 22.3. The maximum atomic E-state index is 14.5. The lowest BCUT2D eigenvalue weighted by Crippen LogP contribution is -2.36. The van der Waals surface area contributed by atoms with Crippen LogP contribution in [0.1, 0.15) is 25.7 Å². The second-order valence-electron chi connectivity index (χ2n) is 7.27. The highest BCUT2D eigenvalue weighted by molar-refractivity contribution is 6.30. The van der Waals surface area contributed by atoms with Gasteiger partial charge in [0.05, 0.1) is 11.8 Å². The van der Waals surface area contributed by atoms with Crippen molar-refractivity contribution in [3.63, 3.8) is 0 Å².